The van der Waals surface area contributed by atoms with Crippen molar-refractivity contribution in [2.75, 3.05) is 12.4 Å². The SMILES string of the molecule is COc1ccccc1-c1cc(NC(=O)c2nnn(-c3ccccc3)c2C2CC2)n[nH]1. The van der Waals surface area contributed by atoms with E-state index in [2.05, 4.69) is 25.8 Å². The number of H-pyrrole nitrogens is 1. The smallest absolute Gasteiger partial charge is 0.279 e. The molecule has 2 aromatic heterocycles. The number of aromatic nitrogens is 5. The van der Waals surface area contributed by atoms with Crippen molar-refractivity contribution >= 4 is 11.7 Å². The molecule has 0 unspecified atom stereocenters. The first-order valence-electron chi connectivity index (χ1n) is 9.76. The lowest BCUT2D eigenvalue weighted by molar-refractivity contribution is 0.102. The number of anilines is 1. The molecule has 1 aliphatic rings. The monoisotopic (exact) mass is 400 g/mol. The number of hydrogen-bond donors (Lipinski definition) is 2. The van der Waals surface area contributed by atoms with Crippen LogP contribution in [0.5, 0.6) is 5.75 Å². The van der Waals surface area contributed by atoms with E-state index in [4.69, 9.17) is 4.74 Å². The first kappa shape index (κ1) is 18.1. The maximum atomic E-state index is 13.0. The second-order valence-corrected chi connectivity index (χ2v) is 7.17. The highest BCUT2D eigenvalue weighted by molar-refractivity contribution is 6.03. The van der Waals surface area contributed by atoms with E-state index in [9.17, 15) is 4.79 Å². The van der Waals surface area contributed by atoms with Gasteiger partial charge in [-0.25, -0.2) is 4.68 Å². The molecule has 1 amide bonds. The average molecular weight is 400 g/mol. The predicted molar refractivity (Wildman–Crippen MR) is 112 cm³/mol. The van der Waals surface area contributed by atoms with E-state index in [-0.39, 0.29) is 5.91 Å². The van der Waals surface area contributed by atoms with E-state index < -0.39 is 0 Å². The molecule has 1 aliphatic carbocycles. The number of nitrogens with zero attached hydrogens (tertiary/aromatic N) is 4. The highest BCUT2D eigenvalue weighted by Gasteiger charge is 2.34. The summed E-state index contributed by atoms with van der Waals surface area (Å²) in [7, 11) is 1.62. The van der Waals surface area contributed by atoms with Crippen LogP contribution < -0.4 is 10.1 Å². The molecule has 2 aromatic carbocycles. The van der Waals surface area contributed by atoms with Crippen LogP contribution in [0.15, 0.2) is 60.7 Å². The van der Waals surface area contributed by atoms with Gasteiger partial charge < -0.3 is 10.1 Å². The zero-order valence-electron chi connectivity index (χ0n) is 16.4. The largest absolute Gasteiger partial charge is 0.496 e. The predicted octanol–water partition coefficient (Wildman–Crippen LogP) is 3.80. The highest BCUT2D eigenvalue weighted by atomic mass is 16.5. The Morgan fingerprint density at radius 3 is 2.67 bits per heavy atom. The van der Waals surface area contributed by atoms with Gasteiger partial charge in [-0.2, -0.15) is 5.10 Å². The Hall–Kier alpha value is -3.94. The van der Waals surface area contributed by atoms with Gasteiger partial charge in [0.05, 0.1) is 24.2 Å². The summed E-state index contributed by atoms with van der Waals surface area (Å²) in [4.78, 5) is 13.0. The van der Waals surface area contributed by atoms with Crippen molar-refractivity contribution in [3.8, 4) is 22.7 Å². The lowest BCUT2D eigenvalue weighted by Crippen LogP contribution is -2.15. The molecule has 8 heteroatoms. The van der Waals surface area contributed by atoms with Gasteiger partial charge in [-0.15, -0.1) is 5.10 Å². The van der Waals surface area contributed by atoms with Gasteiger partial charge in [0, 0.05) is 17.5 Å². The van der Waals surface area contributed by atoms with Gasteiger partial charge in [-0.05, 0) is 37.1 Å². The third-order valence-corrected chi connectivity index (χ3v) is 5.10. The van der Waals surface area contributed by atoms with Gasteiger partial charge >= 0.3 is 0 Å². The van der Waals surface area contributed by atoms with Crippen LogP contribution in [0.2, 0.25) is 0 Å². The second kappa shape index (κ2) is 7.47. The molecule has 8 nitrogen and oxygen atoms in total. The Morgan fingerprint density at radius 1 is 1.13 bits per heavy atom. The van der Waals surface area contributed by atoms with Gasteiger partial charge in [0.25, 0.3) is 5.91 Å². The molecule has 5 rings (SSSR count). The normalized spacial score (nSPS) is 13.2. The van der Waals surface area contributed by atoms with Gasteiger partial charge in [0.1, 0.15) is 5.75 Å². The number of ether oxygens (including phenoxy) is 1. The van der Waals surface area contributed by atoms with Crippen molar-refractivity contribution in [2.45, 2.75) is 18.8 Å². The number of rotatable bonds is 6. The lowest BCUT2D eigenvalue weighted by atomic mass is 10.1. The van der Waals surface area contributed by atoms with E-state index in [0.29, 0.717) is 17.4 Å². The van der Waals surface area contributed by atoms with E-state index >= 15 is 0 Å². The van der Waals surface area contributed by atoms with Gasteiger partial charge in [0.2, 0.25) is 0 Å². The zero-order valence-corrected chi connectivity index (χ0v) is 16.4. The minimum atomic E-state index is -0.322. The third-order valence-electron chi connectivity index (χ3n) is 5.10. The van der Waals surface area contributed by atoms with Gasteiger partial charge in [-0.1, -0.05) is 35.5 Å². The van der Waals surface area contributed by atoms with Crippen LogP contribution in [0.25, 0.3) is 16.9 Å². The topological polar surface area (TPSA) is 97.7 Å². The number of para-hydroxylation sites is 2. The Bertz CT molecular complexity index is 1190. The van der Waals surface area contributed by atoms with Crippen LogP contribution in [0, 0.1) is 0 Å². The lowest BCUT2D eigenvalue weighted by Gasteiger charge is -2.06. The number of nitrogens with one attached hydrogen (secondary N) is 2. The Balaban J connectivity index is 1.42. The number of methoxy groups -OCH3 is 1. The van der Waals surface area contributed by atoms with Crippen molar-refractivity contribution in [2.24, 2.45) is 0 Å². The third kappa shape index (κ3) is 3.32. The van der Waals surface area contributed by atoms with Crippen molar-refractivity contribution in [1.29, 1.82) is 0 Å². The summed E-state index contributed by atoms with van der Waals surface area (Å²) in [5, 5.41) is 18.4. The zero-order chi connectivity index (χ0) is 20.5. The van der Waals surface area contributed by atoms with E-state index in [1.807, 2.05) is 54.6 Å². The molecule has 1 saturated carbocycles. The molecular formula is C22H20N6O2. The first-order chi connectivity index (χ1) is 14.7. The molecular weight excluding hydrogens is 380 g/mol. The summed E-state index contributed by atoms with van der Waals surface area (Å²) in [6, 6.07) is 19.1. The van der Waals surface area contributed by atoms with Crippen molar-refractivity contribution < 1.29 is 9.53 Å². The standard InChI is InChI=1S/C22H20N6O2/c1-30-18-10-6-5-9-16(18)17-13-19(25-24-17)23-22(29)20-21(14-11-12-14)28(27-26-20)15-7-3-2-4-8-15/h2-10,13-14H,11-12H2,1H3,(H2,23,24,25,29). The summed E-state index contributed by atoms with van der Waals surface area (Å²) in [6.45, 7) is 0. The Kier molecular flexibility index (Phi) is 4.51. The molecule has 0 bridgehead atoms. The fourth-order valence-corrected chi connectivity index (χ4v) is 3.50. The summed E-state index contributed by atoms with van der Waals surface area (Å²) < 4.78 is 7.16. The number of carbonyl (C=O) groups excluding carboxylic acids is 1. The molecule has 1 fully saturated rings. The maximum absolute atomic E-state index is 13.0. The van der Waals surface area contributed by atoms with Crippen molar-refractivity contribution in [3.05, 3.63) is 72.1 Å². The van der Waals surface area contributed by atoms with Gasteiger partial charge in [-0.3, -0.25) is 9.89 Å². The number of hydrogen-bond acceptors (Lipinski definition) is 5. The second-order valence-electron chi connectivity index (χ2n) is 7.17. The maximum Gasteiger partial charge on any atom is 0.279 e. The van der Waals surface area contributed by atoms with Crippen molar-refractivity contribution in [3.63, 3.8) is 0 Å². The minimum Gasteiger partial charge on any atom is -0.496 e. The Morgan fingerprint density at radius 2 is 1.90 bits per heavy atom. The summed E-state index contributed by atoms with van der Waals surface area (Å²) in [5.74, 6) is 1.11. The van der Waals surface area contributed by atoms with Crippen molar-refractivity contribution in [1.82, 2.24) is 25.2 Å². The molecule has 0 aliphatic heterocycles. The molecule has 150 valence electrons. The Labute approximate surface area is 172 Å². The number of carbonyl (C=O) groups is 1. The summed E-state index contributed by atoms with van der Waals surface area (Å²) in [5.41, 5.74) is 3.69. The fourth-order valence-electron chi connectivity index (χ4n) is 3.50. The molecule has 0 saturated heterocycles. The van der Waals surface area contributed by atoms with Gasteiger partial charge in [0.15, 0.2) is 11.5 Å². The van der Waals surface area contributed by atoms with Crippen LogP contribution in [0.3, 0.4) is 0 Å². The minimum absolute atomic E-state index is 0.296. The molecule has 0 atom stereocenters. The number of aromatic amines is 1. The quantitative estimate of drug-likeness (QED) is 0.513. The van der Waals surface area contributed by atoms with Crippen LogP contribution >= 0.6 is 0 Å². The summed E-state index contributed by atoms with van der Waals surface area (Å²) in [6.07, 6.45) is 2.06. The summed E-state index contributed by atoms with van der Waals surface area (Å²) >= 11 is 0. The molecule has 4 aromatic rings. The number of benzene rings is 2. The van der Waals surface area contributed by atoms with Crippen LogP contribution in [-0.4, -0.2) is 38.2 Å². The highest BCUT2D eigenvalue weighted by Crippen LogP contribution is 2.42. The fraction of sp³-hybridized carbons (Fsp3) is 0.182. The van der Waals surface area contributed by atoms with E-state index in [1.165, 1.54) is 0 Å². The molecule has 0 radical (unpaired) electrons. The molecule has 30 heavy (non-hydrogen) atoms. The molecule has 0 spiro atoms. The van der Waals surface area contributed by atoms with E-state index in [0.717, 1.165) is 41.2 Å². The molecule has 2 heterocycles. The first-order valence-corrected chi connectivity index (χ1v) is 9.76. The molecule has 2 N–H and O–H groups in total. The average Bonchev–Trinajstić information content (AvgIpc) is 3.35. The van der Waals surface area contributed by atoms with Crippen LogP contribution in [0.1, 0.15) is 34.9 Å². The van der Waals surface area contributed by atoms with Crippen LogP contribution in [0.4, 0.5) is 5.82 Å². The number of amides is 1. The van der Waals surface area contributed by atoms with E-state index in [1.54, 1.807) is 17.9 Å². The van der Waals surface area contributed by atoms with Crippen LogP contribution in [-0.2, 0) is 0 Å².